The SMILES string of the molecule is O=c1[nH]c(Nc2ccc(CN[C@@H]3c4ccccc4C[C@@H]3O)cc2)nn1-c1ccccc1. The molecule has 0 spiro atoms. The first kappa shape index (κ1) is 19.3. The number of H-pyrrole nitrogens is 1. The van der Waals surface area contributed by atoms with E-state index in [4.69, 9.17) is 0 Å². The van der Waals surface area contributed by atoms with Crippen molar-refractivity contribution in [1.29, 1.82) is 0 Å². The summed E-state index contributed by atoms with van der Waals surface area (Å²) >= 11 is 0. The van der Waals surface area contributed by atoms with Gasteiger partial charge in [0.05, 0.1) is 17.8 Å². The Labute approximate surface area is 179 Å². The van der Waals surface area contributed by atoms with Crippen molar-refractivity contribution in [2.75, 3.05) is 5.32 Å². The zero-order chi connectivity index (χ0) is 21.2. The first-order valence-electron chi connectivity index (χ1n) is 10.3. The van der Waals surface area contributed by atoms with Crippen LogP contribution in [0.5, 0.6) is 0 Å². The number of aromatic nitrogens is 3. The van der Waals surface area contributed by atoms with E-state index < -0.39 is 6.10 Å². The summed E-state index contributed by atoms with van der Waals surface area (Å²) in [7, 11) is 0. The van der Waals surface area contributed by atoms with Crippen LogP contribution in [0.25, 0.3) is 5.69 Å². The lowest BCUT2D eigenvalue weighted by Gasteiger charge is -2.18. The number of para-hydroxylation sites is 1. The third kappa shape index (κ3) is 4.01. The molecule has 0 bridgehead atoms. The van der Waals surface area contributed by atoms with Gasteiger partial charge in [-0.2, -0.15) is 4.68 Å². The molecule has 156 valence electrons. The van der Waals surface area contributed by atoms with Gasteiger partial charge in [-0.3, -0.25) is 4.98 Å². The van der Waals surface area contributed by atoms with Crippen molar-refractivity contribution in [3.8, 4) is 5.69 Å². The summed E-state index contributed by atoms with van der Waals surface area (Å²) in [6.07, 6.45) is 0.278. The number of nitrogens with one attached hydrogen (secondary N) is 3. The number of fused-ring (bicyclic) bond motifs is 1. The molecular formula is C24H23N5O2. The van der Waals surface area contributed by atoms with Crippen LogP contribution in [0.2, 0.25) is 0 Å². The molecule has 0 saturated heterocycles. The lowest BCUT2D eigenvalue weighted by molar-refractivity contribution is 0.140. The summed E-state index contributed by atoms with van der Waals surface area (Å²) < 4.78 is 1.32. The summed E-state index contributed by atoms with van der Waals surface area (Å²) in [6.45, 7) is 0.649. The molecule has 1 aliphatic rings. The van der Waals surface area contributed by atoms with Gasteiger partial charge in [-0.15, -0.1) is 5.10 Å². The Hall–Kier alpha value is -3.68. The lowest BCUT2D eigenvalue weighted by atomic mass is 10.1. The maximum absolute atomic E-state index is 12.2. The van der Waals surface area contributed by atoms with Crippen molar-refractivity contribution in [2.24, 2.45) is 0 Å². The molecule has 31 heavy (non-hydrogen) atoms. The minimum absolute atomic E-state index is 0.0546. The number of rotatable bonds is 6. The van der Waals surface area contributed by atoms with Crippen LogP contribution < -0.4 is 16.3 Å². The van der Waals surface area contributed by atoms with Crippen molar-refractivity contribution >= 4 is 11.6 Å². The molecule has 4 aromatic rings. The fourth-order valence-electron chi connectivity index (χ4n) is 4.02. The number of aliphatic hydroxyl groups excluding tert-OH is 1. The van der Waals surface area contributed by atoms with Gasteiger partial charge >= 0.3 is 5.69 Å². The smallest absolute Gasteiger partial charge is 0.349 e. The number of benzene rings is 3. The molecule has 0 aliphatic heterocycles. The van der Waals surface area contributed by atoms with Crippen molar-refractivity contribution in [2.45, 2.75) is 25.1 Å². The molecule has 5 rings (SSSR count). The van der Waals surface area contributed by atoms with E-state index in [9.17, 15) is 9.90 Å². The van der Waals surface area contributed by atoms with Crippen molar-refractivity contribution < 1.29 is 5.11 Å². The number of hydrogen-bond acceptors (Lipinski definition) is 5. The average Bonchev–Trinajstić information content (AvgIpc) is 3.32. The maximum atomic E-state index is 12.2. The molecule has 0 radical (unpaired) electrons. The summed E-state index contributed by atoms with van der Waals surface area (Å²) in [5.41, 5.74) is 4.70. The second-order valence-electron chi connectivity index (χ2n) is 7.68. The van der Waals surface area contributed by atoms with Crippen LogP contribution in [0, 0.1) is 0 Å². The van der Waals surface area contributed by atoms with Gasteiger partial charge in [0.2, 0.25) is 5.95 Å². The van der Waals surface area contributed by atoms with Gasteiger partial charge in [-0.25, -0.2) is 4.79 Å². The van der Waals surface area contributed by atoms with E-state index in [2.05, 4.69) is 32.8 Å². The second-order valence-corrected chi connectivity index (χ2v) is 7.68. The minimum atomic E-state index is -0.408. The van der Waals surface area contributed by atoms with Crippen LogP contribution in [0.3, 0.4) is 0 Å². The molecule has 7 heteroatoms. The van der Waals surface area contributed by atoms with Gasteiger partial charge < -0.3 is 15.7 Å². The average molecular weight is 413 g/mol. The Morgan fingerprint density at radius 3 is 2.55 bits per heavy atom. The highest BCUT2D eigenvalue weighted by Crippen LogP contribution is 2.31. The van der Waals surface area contributed by atoms with Crippen LogP contribution in [-0.2, 0) is 13.0 Å². The first-order valence-corrected chi connectivity index (χ1v) is 10.3. The normalized spacial score (nSPS) is 17.5. The number of hydrogen-bond donors (Lipinski definition) is 4. The number of nitrogens with zero attached hydrogens (tertiary/aromatic N) is 2. The van der Waals surface area contributed by atoms with E-state index in [1.807, 2.05) is 66.7 Å². The molecule has 3 aromatic carbocycles. The monoisotopic (exact) mass is 413 g/mol. The van der Waals surface area contributed by atoms with Crippen LogP contribution in [0.15, 0.2) is 83.7 Å². The Morgan fingerprint density at radius 1 is 1.00 bits per heavy atom. The largest absolute Gasteiger partial charge is 0.391 e. The summed E-state index contributed by atoms with van der Waals surface area (Å²) in [5.74, 6) is 0.380. The zero-order valence-corrected chi connectivity index (χ0v) is 16.8. The van der Waals surface area contributed by atoms with Gasteiger partial charge in [0.25, 0.3) is 0 Å². The molecule has 0 fully saturated rings. The molecule has 0 amide bonds. The molecule has 0 saturated carbocycles. The van der Waals surface area contributed by atoms with E-state index in [1.54, 1.807) is 0 Å². The standard InChI is InChI=1S/C24H23N5O2/c30-21-14-17-6-4-5-9-20(17)22(21)25-15-16-10-12-18(13-11-16)26-23-27-24(31)29(28-23)19-7-2-1-3-8-19/h1-13,21-22,25,30H,14-15H2,(H2,26,27,28,31)/t21-,22+/m0/s1. The predicted molar refractivity (Wildman–Crippen MR) is 120 cm³/mol. The predicted octanol–water partition coefficient (Wildman–Crippen LogP) is 3.05. The summed E-state index contributed by atoms with van der Waals surface area (Å²) in [6, 6.07) is 25.3. The fourth-order valence-corrected chi connectivity index (χ4v) is 4.02. The molecule has 7 nitrogen and oxygen atoms in total. The third-order valence-corrected chi connectivity index (χ3v) is 5.57. The molecule has 2 atom stereocenters. The quantitative estimate of drug-likeness (QED) is 0.390. The fraction of sp³-hybridized carbons (Fsp3) is 0.167. The second kappa shape index (κ2) is 8.22. The molecule has 1 aromatic heterocycles. The van der Waals surface area contributed by atoms with Crippen LogP contribution in [-0.4, -0.2) is 26.0 Å². The Morgan fingerprint density at radius 2 is 1.74 bits per heavy atom. The molecular weight excluding hydrogens is 390 g/mol. The lowest BCUT2D eigenvalue weighted by Crippen LogP contribution is -2.28. The molecule has 1 aliphatic carbocycles. The topological polar surface area (TPSA) is 95.0 Å². The Bertz CT molecular complexity index is 1230. The van der Waals surface area contributed by atoms with Crippen LogP contribution in [0.1, 0.15) is 22.7 Å². The van der Waals surface area contributed by atoms with Crippen LogP contribution in [0.4, 0.5) is 11.6 Å². The Balaban J connectivity index is 1.24. The van der Waals surface area contributed by atoms with Crippen molar-refractivity contribution in [3.63, 3.8) is 0 Å². The Kier molecular flexibility index (Phi) is 5.11. The number of aromatic amines is 1. The minimum Gasteiger partial charge on any atom is -0.391 e. The summed E-state index contributed by atoms with van der Waals surface area (Å²) in [5, 5.41) is 21.3. The summed E-state index contributed by atoms with van der Waals surface area (Å²) in [4.78, 5) is 14.9. The zero-order valence-electron chi connectivity index (χ0n) is 16.8. The highest BCUT2D eigenvalue weighted by atomic mass is 16.3. The van der Waals surface area contributed by atoms with E-state index in [1.165, 1.54) is 15.8 Å². The molecule has 4 N–H and O–H groups in total. The third-order valence-electron chi connectivity index (χ3n) is 5.57. The van der Waals surface area contributed by atoms with E-state index in [-0.39, 0.29) is 11.7 Å². The number of anilines is 2. The molecule has 0 unspecified atom stereocenters. The molecule has 1 heterocycles. The van der Waals surface area contributed by atoms with Gasteiger partial charge in [0.15, 0.2) is 0 Å². The van der Waals surface area contributed by atoms with Gasteiger partial charge in [0, 0.05) is 18.7 Å². The van der Waals surface area contributed by atoms with Crippen LogP contribution >= 0.6 is 0 Å². The van der Waals surface area contributed by atoms with Gasteiger partial charge in [0.1, 0.15) is 0 Å². The van der Waals surface area contributed by atoms with E-state index in [0.29, 0.717) is 24.6 Å². The van der Waals surface area contributed by atoms with E-state index >= 15 is 0 Å². The van der Waals surface area contributed by atoms with Gasteiger partial charge in [-0.1, -0.05) is 54.6 Å². The first-order chi connectivity index (χ1) is 15.2. The van der Waals surface area contributed by atoms with Crippen molar-refractivity contribution in [3.05, 3.63) is 106 Å². The van der Waals surface area contributed by atoms with Gasteiger partial charge in [-0.05, 0) is 41.0 Å². The maximum Gasteiger partial charge on any atom is 0.349 e. The van der Waals surface area contributed by atoms with E-state index in [0.717, 1.165) is 11.3 Å². The highest BCUT2D eigenvalue weighted by molar-refractivity contribution is 5.53. The van der Waals surface area contributed by atoms with Crippen molar-refractivity contribution in [1.82, 2.24) is 20.1 Å². The highest BCUT2D eigenvalue weighted by Gasteiger charge is 2.29. The number of aliphatic hydroxyl groups is 1.